The van der Waals surface area contributed by atoms with E-state index < -0.39 is 0 Å². The Hall–Kier alpha value is -1.79. The number of benzene rings is 1. The molecule has 1 N–H and O–H groups in total. The fourth-order valence-electron chi connectivity index (χ4n) is 3.01. The zero-order valence-corrected chi connectivity index (χ0v) is 16.0. The zero-order valence-electron chi connectivity index (χ0n) is 15.3. The summed E-state index contributed by atoms with van der Waals surface area (Å²) in [6, 6.07) is 6.15. The van der Waals surface area contributed by atoms with Crippen molar-refractivity contribution < 1.29 is 4.74 Å². The average Bonchev–Trinajstić information content (AvgIpc) is 3.22. The van der Waals surface area contributed by atoms with Gasteiger partial charge in [0.25, 0.3) is 0 Å². The quantitative estimate of drug-likeness (QED) is 0.884. The molecule has 0 radical (unpaired) electrons. The Morgan fingerprint density at radius 2 is 2.16 bits per heavy atom. The Morgan fingerprint density at radius 3 is 2.84 bits per heavy atom. The number of nitrogens with zero attached hydrogens (tertiary/aromatic N) is 4. The van der Waals surface area contributed by atoms with E-state index in [9.17, 15) is 0 Å². The van der Waals surface area contributed by atoms with Crippen LogP contribution in [0.25, 0.3) is 0 Å². The molecule has 0 bridgehead atoms. The normalized spacial score (nSPS) is 18.0. The maximum atomic E-state index is 6.15. The third-order valence-corrected chi connectivity index (χ3v) is 4.70. The predicted octanol–water partition coefficient (Wildman–Crippen LogP) is 3.06. The van der Waals surface area contributed by atoms with E-state index in [0.29, 0.717) is 6.04 Å². The van der Waals surface area contributed by atoms with Gasteiger partial charge in [-0.25, -0.2) is 4.68 Å². The van der Waals surface area contributed by atoms with Gasteiger partial charge in [0.2, 0.25) is 0 Å². The lowest BCUT2D eigenvalue weighted by Crippen LogP contribution is -2.32. The highest BCUT2D eigenvalue weighted by Gasteiger charge is 2.25. The van der Waals surface area contributed by atoms with Crippen LogP contribution >= 0.6 is 11.6 Å². The van der Waals surface area contributed by atoms with Crippen molar-refractivity contribution in [2.75, 3.05) is 25.1 Å². The number of ether oxygens (including phenoxy) is 1. The van der Waals surface area contributed by atoms with Gasteiger partial charge in [-0.1, -0.05) is 16.8 Å². The zero-order chi connectivity index (χ0) is 18.0. The van der Waals surface area contributed by atoms with Crippen molar-refractivity contribution in [3.63, 3.8) is 0 Å². The van der Waals surface area contributed by atoms with E-state index in [4.69, 9.17) is 16.3 Å². The summed E-state index contributed by atoms with van der Waals surface area (Å²) in [6.45, 7) is 8.97. The number of hydrogen-bond donors (Lipinski definition) is 1. The van der Waals surface area contributed by atoms with Crippen molar-refractivity contribution in [2.24, 2.45) is 0 Å². The second-order valence-electron chi connectivity index (χ2n) is 7.45. The van der Waals surface area contributed by atoms with Crippen molar-refractivity contribution >= 4 is 17.3 Å². The van der Waals surface area contributed by atoms with E-state index in [1.807, 2.05) is 29.1 Å². The lowest BCUT2D eigenvalue weighted by atomic mass is 10.1. The van der Waals surface area contributed by atoms with Gasteiger partial charge in [0.05, 0.1) is 30.2 Å². The van der Waals surface area contributed by atoms with Gasteiger partial charge in [-0.15, -0.1) is 5.10 Å². The molecule has 1 saturated heterocycles. The number of rotatable bonds is 5. The van der Waals surface area contributed by atoms with Crippen LogP contribution in [-0.2, 0) is 12.1 Å². The number of anilines is 1. The Kier molecular flexibility index (Phi) is 5.20. The third kappa shape index (κ3) is 4.25. The van der Waals surface area contributed by atoms with Crippen LogP contribution in [0.3, 0.4) is 0 Å². The van der Waals surface area contributed by atoms with Crippen LogP contribution in [-0.4, -0.2) is 41.2 Å². The molecule has 1 aliphatic rings. The standard InChI is InChI=1S/C18H26ClN5O/c1-18(2,3)24-12-15(21-22-24)10-20-14-7-8-23(11-14)16-9-13(19)5-6-17(16)25-4/h5-6,9,12,14,20H,7-8,10-11H2,1-4H3/t14-/m0/s1. The van der Waals surface area contributed by atoms with Gasteiger partial charge >= 0.3 is 0 Å². The molecule has 0 unspecified atom stereocenters. The molecule has 0 spiro atoms. The summed E-state index contributed by atoms with van der Waals surface area (Å²) in [4.78, 5) is 2.31. The summed E-state index contributed by atoms with van der Waals surface area (Å²) < 4.78 is 7.37. The molecule has 1 atom stereocenters. The van der Waals surface area contributed by atoms with Gasteiger partial charge in [-0.2, -0.15) is 0 Å². The van der Waals surface area contributed by atoms with Crippen molar-refractivity contribution in [1.29, 1.82) is 0 Å². The number of halogens is 1. The molecular formula is C18H26ClN5O. The van der Waals surface area contributed by atoms with Crippen LogP contribution < -0.4 is 15.0 Å². The molecule has 25 heavy (non-hydrogen) atoms. The molecule has 2 aromatic rings. The SMILES string of the molecule is COc1ccc(Cl)cc1N1CC[C@H](NCc2cn(C(C)(C)C)nn2)C1. The average molecular weight is 364 g/mol. The molecule has 2 heterocycles. The first-order valence-corrected chi connectivity index (χ1v) is 8.98. The number of hydrogen-bond acceptors (Lipinski definition) is 5. The van der Waals surface area contributed by atoms with Crippen LogP contribution in [0.4, 0.5) is 5.69 Å². The molecule has 136 valence electrons. The van der Waals surface area contributed by atoms with Gasteiger partial charge < -0.3 is 15.0 Å². The topological polar surface area (TPSA) is 55.2 Å². The highest BCUT2D eigenvalue weighted by atomic mass is 35.5. The molecule has 0 saturated carbocycles. The molecule has 3 rings (SSSR count). The van der Waals surface area contributed by atoms with E-state index in [2.05, 4.69) is 41.3 Å². The number of methoxy groups -OCH3 is 1. The van der Waals surface area contributed by atoms with Crippen molar-refractivity contribution in [1.82, 2.24) is 20.3 Å². The largest absolute Gasteiger partial charge is 0.495 e. The first kappa shape index (κ1) is 18.0. The predicted molar refractivity (Wildman–Crippen MR) is 100 cm³/mol. The van der Waals surface area contributed by atoms with Crippen LogP contribution in [0.15, 0.2) is 24.4 Å². The van der Waals surface area contributed by atoms with Crippen molar-refractivity contribution in [3.05, 3.63) is 35.1 Å². The monoisotopic (exact) mass is 363 g/mol. The molecule has 6 nitrogen and oxygen atoms in total. The lowest BCUT2D eigenvalue weighted by Gasteiger charge is -2.21. The summed E-state index contributed by atoms with van der Waals surface area (Å²) in [6.07, 6.45) is 3.09. The minimum atomic E-state index is -0.0431. The van der Waals surface area contributed by atoms with Crippen LogP contribution in [0, 0.1) is 0 Å². The minimum absolute atomic E-state index is 0.0431. The maximum Gasteiger partial charge on any atom is 0.142 e. The highest BCUT2D eigenvalue weighted by molar-refractivity contribution is 6.30. The Balaban J connectivity index is 1.59. The Bertz CT molecular complexity index is 724. The molecule has 1 aliphatic heterocycles. The van der Waals surface area contributed by atoms with E-state index in [-0.39, 0.29) is 5.54 Å². The fraction of sp³-hybridized carbons (Fsp3) is 0.556. The molecule has 1 fully saturated rings. The minimum Gasteiger partial charge on any atom is -0.495 e. The third-order valence-electron chi connectivity index (χ3n) is 4.47. The van der Waals surface area contributed by atoms with Gasteiger partial charge in [0, 0.05) is 30.7 Å². The summed E-state index contributed by atoms with van der Waals surface area (Å²) in [5, 5.41) is 12.8. The summed E-state index contributed by atoms with van der Waals surface area (Å²) in [7, 11) is 1.69. The van der Waals surface area contributed by atoms with Crippen LogP contribution in [0.1, 0.15) is 32.9 Å². The first-order chi connectivity index (χ1) is 11.9. The van der Waals surface area contributed by atoms with Gasteiger partial charge in [0.15, 0.2) is 0 Å². The number of aromatic nitrogens is 3. The highest BCUT2D eigenvalue weighted by Crippen LogP contribution is 2.33. The smallest absolute Gasteiger partial charge is 0.142 e. The second kappa shape index (κ2) is 7.22. The summed E-state index contributed by atoms with van der Waals surface area (Å²) in [5.41, 5.74) is 1.98. The van der Waals surface area contributed by atoms with Gasteiger partial charge in [-0.3, -0.25) is 0 Å². The van der Waals surface area contributed by atoms with E-state index >= 15 is 0 Å². The molecular weight excluding hydrogens is 338 g/mol. The van der Waals surface area contributed by atoms with E-state index in [1.165, 1.54) is 0 Å². The molecule has 1 aromatic heterocycles. The second-order valence-corrected chi connectivity index (χ2v) is 7.89. The van der Waals surface area contributed by atoms with E-state index in [1.54, 1.807) is 7.11 Å². The van der Waals surface area contributed by atoms with Crippen LogP contribution in [0.5, 0.6) is 5.75 Å². The molecule has 7 heteroatoms. The van der Waals surface area contributed by atoms with Gasteiger partial charge in [-0.05, 0) is 45.4 Å². The summed E-state index contributed by atoms with van der Waals surface area (Å²) in [5.74, 6) is 0.859. The summed E-state index contributed by atoms with van der Waals surface area (Å²) >= 11 is 6.15. The Morgan fingerprint density at radius 1 is 1.36 bits per heavy atom. The molecule has 0 aliphatic carbocycles. The van der Waals surface area contributed by atoms with Crippen LogP contribution in [0.2, 0.25) is 5.02 Å². The maximum absolute atomic E-state index is 6.15. The van der Waals surface area contributed by atoms with Crippen molar-refractivity contribution in [2.45, 2.75) is 45.3 Å². The van der Waals surface area contributed by atoms with Gasteiger partial charge in [0.1, 0.15) is 5.75 Å². The van der Waals surface area contributed by atoms with E-state index in [0.717, 1.165) is 48.2 Å². The lowest BCUT2D eigenvalue weighted by molar-refractivity contribution is 0.347. The molecule has 0 amide bonds. The first-order valence-electron chi connectivity index (χ1n) is 8.60. The fourth-order valence-corrected chi connectivity index (χ4v) is 3.18. The Labute approximate surface area is 154 Å². The number of nitrogens with one attached hydrogen (secondary N) is 1. The van der Waals surface area contributed by atoms with Crippen molar-refractivity contribution in [3.8, 4) is 5.75 Å². The molecule has 1 aromatic carbocycles.